The average molecular weight is 440 g/mol. The van der Waals surface area contributed by atoms with E-state index in [1.807, 2.05) is 37.1 Å². The Labute approximate surface area is 183 Å². The zero-order valence-electron chi connectivity index (χ0n) is 18.0. The summed E-state index contributed by atoms with van der Waals surface area (Å²) in [6.07, 6.45) is 3.62. The van der Waals surface area contributed by atoms with Crippen molar-refractivity contribution >= 4 is 28.7 Å². The van der Waals surface area contributed by atoms with Crippen molar-refractivity contribution in [3.8, 4) is 5.75 Å². The van der Waals surface area contributed by atoms with Gasteiger partial charge < -0.3 is 29.4 Å². The molecule has 3 aromatic rings. The van der Waals surface area contributed by atoms with E-state index < -0.39 is 11.9 Å². The van der Waals surface area contributed by atoms with E-state index in [2.05, 4.69) is 14.5 Å². The zero-order valence-corrected chi connectivity index (χ0v) is 18.0. The number of hydrogen-bond donors (Lipinski definition) is 3. The first-order valence-electron chi connectivity index (χ1n) is 9.80. The number of methoxy groups -OCH3 is 1. The van der Waals surface area contributed by atoms with Crippen molar-refractivity contribution in [1.82, 2.24) is 19.4 Å². The van der Waals surface area contributed by atoms with Crippen molar-refractivity contribution in [2.45, 2.75) is 19.9 Å². The van der Waals surface area contributed by atoms with Gasteiger partial charge in [0.15, 0.2) is 0 Å². The lowest BCUT2D eigenvalue weighted by Gasteiger charge is -2.27. The first-order chi connectivity index (χ1) is 15.2. The molecule has 1 aromatic carbocycles. The number of para-hydroxylation sites is 1. The number of carbonyl (C=O) groups is 3. The molecule has 0 unspecified atom stereocenters. The minimum absolute atomic E-state index is 0.0671. The van der Waals surface area contributed by atoms with Crippen LogP contribution in [0.3, 0.4) is 0 Å². The summed E-state index contributed by atoms with van der Waals surface area (Å²) in [6.45, 7) is 3.21. The lowest BCUT2D eigenvalue weighted by atomic mass is 10.0. The van der Waals surface area contributed by atoms with Gasteiger partial charge in [-0.2, -0.15) is 0 Å². The van der Waals surface area contributed by atoms with Gasteiger partial charge in [-0.1, -0.05) is 12.1 Å². The van der Waals surface area contributed by atoms with Crippen LogP contribution in [-0.4, -0.2) is 61.1 Å². The highest BCUT2D eigenvalue weighted by atomic mass is 16.5. The minimum atomic E-state index is -1.26. The van der Waals surface area contributed by atoms with Gasteiger partial charge >= 0.3 is 11.9 Å². The number of aromatic amines is 1. The number of aromatic nitrogens is 3. The lowest BCUT2D eigenvalue weighted by Crippen LogP contribution is -2.37. The Balaban J connectivity index is 0.000000312. The highest BCUT2D eigenvalue weighted by Crippen LogP contribution is 2.35. The van der Waals surface area contributed by atoms with E-state index in [4.69, 9.17) is 14.9 Å². The van der Waals surface area contributed by atoms with Crippen LogP contribution in [-0.2, 0) is 29.6 Å². The van der Waals surface area contributed by atoms with Crippen LogP contribution >= 0.6 is 0 Å². The fraction of sp³-hybridized carbons (Fsp3) is 0.273. The second-order valence-corrected chi connectivity index (χ2v) is 7.20. The van der Waals surface area contributed by atoms with Crippen LogP contribution in [0.4, 0.5) is 0 Å². The number of carboxylic acid groups (broad SMARTS) is 2. The number of rotatable bonds is 5. The van der Waals surface area contributed by atoms with Gasteiger partial charge in [0.05, 0.1) is 36.8 Å². The number of ether oxygens (including phenoxy) is 1. The van der Waals surface area contributed by atoms with Crippen LogP contribution in [0.2, 0.25) is 0 Å². The first kappa shape index (κ1) is 22.6. The first-order valence-corrected chi connectivity index (χ1v) is 9.80. The molecule has 4 rings (SSSR count). The third-order valence-corrected chi connectivity index (χ3v) is 5.28. The summed E-state index contributed by atoms with van der Waals surface area (Å²) in [5, 5.41) is 16.6. The molecule has 0 bridgehead atoms. The molecule has 2 aromatic heterocycles. The molecule has 0 atom stereocenters. The van der Waals surface area contributed by atoms with Crippen molar-refractivity contribution in [2.75, 3.05) is 13.7 Å². The number of fused-ring (bicyclic) bond motifs is 3. The van der Waals surface area contributed by atoms with Gasteiger partial charge in [0, 0.05) is 48.9 Å². The van der Waals surface area contributed by atoms with E-state index in [-0.39, 0.29) is 5.91 Å². The maximum Gasteiger partial charge on any atom is 0.328 e. The van der Waals surface area contributed by atoms with E-state index in [9.17, 15) is 14.4 Å². The summed E-state index contributed by atoms with van der Waals surface area (Å²) in [5.41, 5.74) is 4.79. The molecule has 0 saturated heterocycles. The number of imidazole rings is 1. The summed E-state index contributed by atoms with van der Waals surface area (Å²) < 4.78 is 7.58. The van der Waals surface area contributed by atoms with E-state index in [0.29, 0.717) is 25.2 Å². The van der Waals surface area contributed by atoms with Gasteiger partial charge in [0.25, 0.3) is 5.91 Å². The maximum absolute atomic E-state index is 13.1. The number of nitrogens with zero attached hydrogens (tertiary/aromatic N) is 3. The molecular weight excluding hydrogens is 416 g/mol. The molecular formula is C22H24N4O6. The molecule has 1 aliphatic rings. The fourth-order valence-corrected chi connectivity index (χ4v) is 3.75. The van der Waals surface area contributed by atoms with Crippen LogP contribution in [0.15, 0.2) is 36.7 Å². The molecule has 0 radical (unpaired) electrons. The number of hydrogen-bond acceptors (Lipinski definition) is 5. The molecule has 10 heteroatoms. The van der Waals surface area contributed by atoms with Crippen molar-refractivity contribution < 1.29 is 29.3 Å². The molecule has 1 aliphatic heterocycles. The second-order valence-electron chi connectivity index (χ2n) is 7.20. The third kappa shape index (κ3) is 4.48. The quantitative estimate of drug-likeness (QED) is 0.517. The van der Waals surface area contributed by atoms with Crippen LogP contribution in [0.5, 0.6) is 5.75 Å². The van der Waals surface area contributed by atoms with Gasteiger partial charge in [0.2, 0.25) is 0 Å². The molecule has 3 heterocycles. The smallest absolute Gasteiger partial charge is 0.328 e. The van der Waals surface area contributed by atoms with Crippen LogP contribution in [0, 0.1) is 6.92 Å². The summed E-state index contributed by atoms with van der Waals surface area (Å²) in [5.74, 6) is -1.65. The number of carboxylic acids is 2. The standard InChI is InChI=1S/C18H20N4O2.C4H4O4/c1-11-13(20-10-19-11)9-22-8-7-14-16(18(22)23)12-5-4-6-15(24-3)17(12)21(14)2;5-3(6)1-2-4(7)8/h4-6,10H,7-9H2,1-3H3,(H,19,20);1-2H,(H,5,6)(H,7,8). The molecule has 3 N–H and O–H groups in total. The topological polar surface area (TPSA) is 138 Å². The van der Waals surface area contributed by atoms with E-state index in [0.717, 1.165) is 45.7 Å². The molecule has 0 aliphatic carbocycles. The van der Waals surface area contributed by atoms with Crippen LogP contribution in [0.1, 0.15) is 27.4 Å². The zero-order chi connectivity index (χ0) is 23.4. The monoisotopic (exact) mass is 440 g/mol. The number of amides is 1. The van der Waals surface area contributed by atoms with Gasteiger partial charge in [0.1, 0.15) is 5.75 Å². The lowest BCUT2D eigenvalue weighted by molar-refractivity contribution is -0.134. The van der Waals surface area contributed by atoms with E-state index in [1.165, 1.54) is 0 Å². The number of H-pyrrole nitrogens is 1. The Bertz CT molecular complexity index is 1190. The summed E-state index contributed by atoms with van der Waals surface area (Å²) in [4.78, 5) is 41.5. The van der Waals surface area contributed by atoms with E-state index in [1.54, 1.807) is 13.4 Å². The molecule has 32 heavy (non-hydrogen) atoms. The van der Waals surface area contributed by atoms with Gasteiger partial charge in [-0.05, 0) is 13.0 Å². The SMILES string of the molecule is COc1cccc2c3c(n(C)c12)CCN(Cc1nc[nH]c1C)C3=O.O=C(O)C=CC(=O)O. The summed E-state index contributed by atoms with van der Waals surface area (Å²) >= 11 is 0. The highest BCUT2D eigenvalue weighted by molar-refractivity contribution is 6.10. The molecule has 10 nitrogen and oxygen atoms in total. The molecule has 168 valence electrons. The Kier molecular flexibility index (Phi) is 6.62. The number of nitrogens with one attached hydrogen (secondary N) is 1. The second kappa shape index (κ2) is 9.38. The van der Waals surface area contributed by atoms with Crippen molar-refractivity contribution in [1.29, 1.82) is 0 Å². The van der Waals surface area contributed by atoms with Crippen LogP contribution in [0.25, 0.3) is 10.9 Å². The highest BCUT2D eigenvalue weighted by Gasteiger charge is 2.31. The Hall–Kier alpha value is -4.08. The molecule has 0 fully saturated rings. The minimum Gasteiger partial charge on any atom is -0.495 e. The van der Waals surface area contributed by atoms with Crippen molar-refractivity contribution in [3.05, 3.63) is 59.3 Å². The number of aliphatic carboxylic acids is 2. The maximum atomic E-state index is 13.1. The number of aryl methyl sites for hydroxylation is 2. The van der Waals surface area contributed by atoms with Crippen LogP contribution < -0.4 is 4.74 Å². The largest absolute Gasteiger partial charge is 0.495 e. The molecule has 1 amide bonds. The number of carbonyl (C=O) groups excluding carboxylic acids is 1. The van der Waals surface area contributed by atoms with Gasteiger partial charge in [-0.3, -0.25) is 4.79 Å². The Morgan fingerprint density at radius 2 is 1.94 bits per heavy atom. The average Bonchev–Trinajstić information content (AvgIpc) is 3.30. The fourth-order valence-electron chi connectivity index (χ4n) is 3.75. The van der Waals surface area contributed by atoms with Crippen molar-refractivity contribution in [2.24, 2.45) is 7.05 Å². The Morgan fingerprint density at radius 1 is 1.25 bits per heavy atom. The normalized spacial score (nSPS) is 13.1. The third-order valence-electron chi connectivity index (χ3n) is 5.28. The summed E-state index contributed by atoms with van der Waals surface area (Å²) in [7, 11) is 3.67. The molecule has 0 saturated carbocycles. The Morgan fingerprint density at radius 3 is 2.50 bits per heavy atom. The number of benzene rings is 1. The van der Waals surface area contributed by atoms with E-state index >= 15 is 0 Å². The van der Waals surface area contributed by atoms with Gasteiger partial charge in [-0.25, -0.2) is 14.6 Å². The summed E-state index contributed by atoms with van der Waals surface area (Å²) in [6, 6.07) is 5.87. The molecule has 0 spiro atoms. The predicted molar refractivity (Wildman–Crippen MR) is 116 cm³/mol. The van der Waals surface area contributed by atoms with Gasteiger partial charge in [-0.15, -0.1) is 0 Å². The van der Waals surface area contributed by atoms with Crippen molar-refractivity contribution in [3.63, 3.8) is 0 Å². The predicted octanol–water partition coefficient (Wildman–Crippen LogP) is 2.13.